The highest BCUT2D eigenvalue weighted by Crippen LogP contribution is 2.22. The molecule has 1 heterocycles. The molecule has 0 aliphatic carbocycles. The minimum atomic E-state index is 0. The Hall–Kier alpha value is -0.910. The van der Waals surface area contributed by atoms with Gasteiger partial charge in [0, 0.05) is 30.6 Å². The highest BCUT2D eigenvalue weighted by molar-refractivity contribution is 8.00. The third-order valence-electron chi connectivity index (χ3n) is 3.32. The molecule has 21 heavy (non-hydrogen) atoms. The van der Waals surface area contributed by atoms with Gasteiger partial charge in [-0.25, -0.2) is 0 Å². The zero-order chi connectivity index (χ0) is 14.4. The van der Waals surface area contributed by atoms with Crippen LogP contribution in [0.25, 0.3) is 0 Å². The van der Waals surface area contributed by atoms with Gasteiger partial charge in [-0.15, -0.1) is 24.2 Å². The molecule has 0 aromatic heterocycles. The Morgan fingerprint density at radius 3 is 2.76 bits per heavy atom. The van der Waals surface area contributed by atoms with Crippen molar-refractivity contribution in [3.8, 4) is 5.75 Å². The lowest BCUT2D eigenvalue weighted by atomic mass is 10.2. The second-order valence-electron chi connectivity index (χ2n) is 4.83. The Labute approximate surface area is 137 Å². The lowest BCUT2D eigenvalue weighted by Gasteiger charge is -2.33. The van der Waals surface area contributed by atoms with Gasteiger partial charge in [0.1, 0.15) is 5.75 Å². The van der Waals surface area contributed by atoms with E-state index in [1.807, 2.05) is 36.1 Å². The van der Waals surface area contributed by atoms with Crippen molar-refractivity contribution in [2.24, 2.45) is 0 Å². The number of hydrogen-bond acceptors (Lipinski definition) is 4. The molecule has 118 valence electrons. The number of nitrogens with zero attached hydrogens (tertiary/aromatic N) is 1. The second kappa shape index (κ2) is 9.18. The first-order valence-corrected chi connectivity index (χ1v) is 8.05. The van der Waals surface area contributed by atoms with E-state index in [0.717, 1.165) is 30.3 Å². The van der Waals surface area contributed by atoms with Crippen molar-refractivity contribution in [2.75, 3.05) is 32.0 Å². The lowest BCUT2D eigenvalue weighted by Crippen LogP contribution is -2.52. The van der Waals surface area contributed by atoms with Crippen molar-refractivity contribution in [3.63, 3.8) is 0 Å². The normalized spacial score (nSPS) is 18.0. The molecule has 1 aromatic rings. The summed E-state index contributed by atoms with van der Waals surface area (Å²) in [5.74, 6) is 1.59. The molecule has 4 nitrogen and oxygen atoms in total. The fourth-order valence-corrected chi connectivity index (χ4v) is 3.02. The first kappa shape index (κ1) is 18.1. The monoisotopic (exact) mass is 330 g/mol. The van der Waals surface area contributed by atoms with Gasteiger partial charge in [-0.05, 0) is 38.1 Å². The molecule has 1 aromatic carbocycles. The molecule has 1 fully saturated rings. The lowest BCUT2D eigenvalue weighted by molar-refractivity contribution is -0.131. The predicted octanol–water partition coefficient (Wildman–Crippen LogP) is 2.42. The maximum absolute atomic E-state index is 12.2. The summed E-state index contributed by atoms with van der Waals surface area (Å²) in [5.41, 5.74) is 0. The summed E-state index contributed by atoms with van der Waals surface area (Å²) in [4.78, 5) is 15.3. The summed E-state index contributed by atoms with van der Waals surface area (Å²) in [5, 5.41) is 3.30. The Kier molecular flexibility index (Phi) is 7.93. The fraction of sp³-hybridized carbons (Fsp3) is 0.533. The van der Waals surface area contributed by atoms with Crippen molar-refractivity contribution in [1.82, 2.24) is 10.2 Å². The molecule has 0 spiro atoms. The van der Waals surface area contributed by atoms with Gasteiger partial charge < -0.3 is 15.0 Å². The largest absolute Gasteiger partial charge is 0.494 e. The van der Waals surface area contributed by atoms with Crippen LogP contribution < -0.4 is 10.1 Å². The fourth-order valence-electron chi connectivity index (χ4n) is 2.24. The molecular weight excluding hydrogens is 308 g/mol. The number of carbonyl (C=O) groups is 1. The predicted molar refractivity (Wildman–Crippen MR) is 89.6 cm³/mol. The molecular formula is C15H23ClN2O2S. The average Bonchev–Trinajstić information content (AvgIpc) is 2.47. The number of amides is 1. The number of benzene rings is 1. The third-order valence-corrected chi connectivity index (χ3v) is 4.32. The number of rotatable bonds is 5. The van der Waals surface area contributed by atoms with Gasteiger partial charge in [-0.2, -0.15) is 0 Å². The highest BCUT2D eigenvalue weighted by atomic mass is 35.5. The van der Waals surface area contributed by atoms with Crippen molar-refractivity contribution in [3.05, 3.63) is 24.3 Å². The number of hydrogen-bond donors (Lipinski definition) is 1. The van der Waals surface area contributed by atoms with Gasteiger partial charge in [-0.3, -0.25) is 4.79 Å². The van der Waals surface area contributed by atoms with Crippen molar-refractivity contribution in [1.29, 1.82) is 0 Å². The molecule has 1 N–H and O–H groups in total. The Bertz CT molecular complexity index is 442. The van der Waals surface area contributed by atoms with Gasteiger partial charge in [0.25, 0.3) is 0 Å². The summed E-state index contributed by atoms with van der Waals surface area (Å²) >= 11 is 1.58. The van der Waals surface area contributed by atoms with Crippen LogP contribution in [0.5, 0.6) is 5.75 Å². The summed E-state index contributed by atoms with van der Waals surface area (Å²) in [6, 6.07) is 8.19. The van der Waals surface area contributed by atoms with Crippen LogP contribution in [-0.2, 0) is 4.79 Å². The topological polar surface area (TPSA) is 41.6 Å². The van der Waals surface area contributed by atoms with E-state index in [-0.39, 0.29) is 24.4 Å². The minimum Gasteiger partial charge on any atom is -0.494 e. The Morgan fingerprint density at radius 1 is 1.43 bits per heavy atom. The quantitative estimate of drug-likeness (QED) is 0.842. The van der Waals surface area contributed by atoms with Crippen LogP contribution in [0.1, 0.15) is 13.8 Å². The molecule has 1 saturated heterocycles. The molecule has 1 aliphatic rings. The molecule has 1 amide bonds. The Balaban J connectivity index is 0.00000220. The summed E-state index contributed by atoms with van der Waals surface area (Å²) in [6.45, 7) is 7.32. The van der Waals surface area contributed by atoms with Crippen molar-refractivity contribution >= 4 is 30.1 Å². The van der Waals surface area contributed by atoms with E-state index < -0.39 is 0 Å². The maximum Gasteiger partial charge on any atom is 0.233 e. The summed E-state index contributed by atoms with van der Waals surface area (Å²) in [6.07, 6.45) is 0. The SMILES string of the molecule is CCOc1ccc(SCC(=O)N2CCNC[C@@H]2C)cc1.Cl. The summed E-state index contributed by atoms with van der Waals surface area (Å²) < 4.78 is 5.40. The van der Waals surface area contributed by atoms with Crippen LogP contribution in [0.4, 0.5) is 0 Å². The number of thioether (sulfide) groups is 1. The molecule has 0 saturated carbocycles. The van der Waals surface area contributed by atoms with E-state index in [1.54, 1.807) is 11.8 Å². The van der Waals surface area contributed by atoms with E-state index in [9.17, 15) is 4.79 Å². The average molecular weight is 331 g/mol. The number of carbonyl (C=O) groups excluding carboxylic acids is 1. The van der Waals surface area contributed by atoms with Crippen LogP contribution in [0.2, 0.25) is 0 Å². The molecule has 1 atom stereocenters. The Morgan fingerprint density at radius 2 is 2.14 bits per heavy atom. The zero-order valence-corrected chi connectivity index (χ0v) is 14.1. The van der Waals surface area contributed by atoms with Gasteiger partial charge in [0.15, 0.2) is 0 Å². The molecule has 0 unspecified atom stereocenters. The first-order chi connectivity index (χ1) is 9.70. The number of halogens is 1. The zero-order valence-electron chi connectivity index (χ0n) is 12.5. The third kappa shape index (κ3) is 5.41. The smallest absolute Gasteiger partial charge is 0.233 e. The van der Waals surface area contributed by atoms with Crippen LogP contribution in [0.3, 0.4) is 0 Å². The van der Waals surface area contributed by atoms with E-state index >= 15 is 0 Å². The highest BCUT2D eigenvalue weighted by Gasteiger charge is 2.22. The van der Waals surface area contributed by atoms with Crippen molar-refractivity contribution in [2.45, 2.75) is 24.8 Å². The number of piperazine rings is 1. The van der Waals surface area contributed by atoms with Gasteiger partial charge >= 0.3 is 0 Å². The molecule has 0 radical (unpaired) electrons. The van der Waals surface area contributed by atoms with Crippen LogP contribution in [-0.4, -0.2) is 48.8 Å². The van der Waals surface area contributed by atoms with E-state index in [2.05, 4.69) is 12.2 Å². The molecule has 1 aliphatic heterocycles. The maximum atomic E-state index is 12.2. The van der Waals surface area contributed by atoms with E-state index in [0.29, 0.717) is 12.4 Å². The standard InChI is InChI=1S/C15H22N2O2S.ClH/c1-3-19-13-4-6-14(7-5-13)20-11-15(18)17-9-8-16-10-12(17)2;/h4-7,12,16H,3,8-11H2,1-2H3;1H/t12-;/m0./s1. The summed E-state index contributed by atoms with van der Waals surface area (Å²) in [7, 11) is 0. The molecule has 2 rings (SSSR count). The van der Waals surface area contributed by atoms with Gasteiger partial charge in [-0.1, -0.05) is 0 Å². The van der Waals surface area contributed by atoms with Gasteiger partial charge in [0.2, 0.25) is 5.91 Å². The van der Waals surface area contributed by atoms with Gasteiger partial charge in [0.05, 0.1) is 12.4 Å². The van der Waals surface area contributed by atoms with Crippen molar-refractivity contribution < 1.29 is 9.53 Å². The molecule has 0 bridgehead atoms. The first-order valence-electron chi connectivity index (χ1n) is 7.06. The van der Waals surface area contributed by atoms with Crippen LogP contribution in [0, 0.1) is 0 Å². The van der Waals surface area contributed by atoms with E-state index in [1.165, 1.54) is 0 Å². The molecule has 6 heteroatoms. The number of ether oxygens (including phenoxy) is 1. The van der Waals surface area contributed by atoms with E-state index in [4.69, 9.17) is 4.74 Å². The second-order valence-corrected chi connectivity index (χ2v) is 5.88. The van der Waals surface area contributed by atoms with Crippen LogP contribution in [0.15, 0.2) is 29.2 Å². The van der Waals surface area contributed by atoms with Crippen LogP contribution >= 0.6 is 24.2 Å². The number of nitrogens with one attached hydrogen (secondary N) is 1. The minimum absolute atomic E-state index is 0.